The van der Waals surface area contributed by atoms with Crippen molar-refractivity contribution in [2.24, 2.45) is 11.1 Å². The zero-order valence-electron chi connectivity index (χ0n) is 8.90. The van der Waals surface area contributed by atoms with E-state index >= 15 is 0 Å². The lowest BCUT2D eigenvalue weighted by Crippen LogP contribution is -2.33. The molecule has 3 N–H and O–H groups in total. The van der Waals surface area contributed by atoms with Crippen LogP contribution in [0.15, 0.2) is 30.3 Å². The number of aliphatic hydroxyl groups is 1. The van der Waals surface area contributed by atoms with Gasteiger partial charge in [-0.2, -0.15) is 0 Å². The minimum Gasteiger partial charge on any atom is -0.388 e. The van der Waals surface area contributed by atoms with Gasteiger partial charge in [-0.15, -0.1) is 0 Å². The number of nitrogens with two attached hydrogens (primary N) is 1. The van der Waals surface area contributed by atoms with Crippen LogP contribution in [0.5, 0.6) is 0 Å². The predicted octanol–water partition coefficient (Wildman–Crippen LogP) is 2.09. The molecule has 2 nitrogen and oxygen atoms in total. The van der Waals surface area contributed by atoms with Gasteiger partial charge in [0.1, 0.15) is 0 Å². The van der Waals surface area contributed by atoms with Crippen LogP contribution >= 0.6 is 0 Å². The Kier molecular flexibility index (Phi) is 3.67. The first kappa shape index (κ1) is 11.2. The van der Waals surface area contributed by atoms with Crippen LogP contribution in [0.3, 0.4) is 0 Å². The van der Waals surface area contributed by atoms with Gasteiger partial charge in [0, 0.05) is 12.0 Å². The Balaban J connectivity index is 2.89. The molecule has 0 aliphatic heterocycles. The number of benzene rings is 1. The third kappa shape index (κ3) is 2.14. The van der Waals surface area contributed by atoms with E-state index < -0.39 is 6.10 Å². The van der Waals surface area contributed by atoms with Crippen LogP contribution < -0.4 is 5.73 Å². The van der Waals surface area contributed by atoms with E-state index in [2.05, 4.69) is 6.92 Å². The molecule has 0 fully saturated rings. The van der Waals surface area contributed by atoms with E-state index in [0.717, 1.165) is 12.0 Å². The van der Waals surface area contributed by atoms with Gasteiger partial charge in [-0.3, -0.25) is 0 Å². The van der Waals surface area contributed by atoms with Crippen LogP contribution in [0.2, 0.25) is 0 Å². The molecule has 0 spiro atoms. The number of hydrogen-bond acceptors (Lipinski definition) is 2. The fraction of sp³-hybridized carbons (Fsp3) is 0.500. The molecule has 0 aliphatic carbocycles. The fourth-order valence-corrected chi connectivity index (χ4v) is 1.49. The van der Waals surface area contributed by atoms with E-state index in [1.807, 2.05) is 37.3 Å². The molecule has 0 saturated carbocycles. The van der Waals surface area contributed by atoms with E-state index in [-0.39, 0.29) is 5.41 Å². The van der Waals surface area contributed by atoms with Gasteiger partial charge >= 0.3 is 0 Å². The highest BCUT2D eigenvalue weighted by molar-refractivity contribution is 5.19. The molecule has 2 atom stereocenters. The number of aliphatic hydroxyl groups excluding tert-OH is 1. The number of hydrogen-bond donors (Lipinski definition) is 2. The standard InChI is InChI=1S/C12H19NO/c1-3-12(2,9-13)11(14)10-7-5-4-6-8-10/h4-8,11,14H,3,9,13H2,1-2H3. The van der Waals surface area contributed by atoms with Crippen LogP contribution in [-0.2, 0) is 0 Å². The summed E-state index contributed by atoms with van der Waals surface area (Å²) in [4.78, 5) is 0. The molecule has 1 rings (SSSR count). The first-order valence-electron chi connectivity index (χ1n) is 5.07. The summed E-state index contributed by atoms with van der Waals surface area (Å²) in [6.07, 6.45) is 0.401. The second-order valence-corrected chi connectivity index (χ2v) is 4.02. The molecule has 0 amide bonds. The van der Waals surface area contributed by atoms with Gasteiger partial charge in [0.2, 0.25) is 0 Å². The van der Waals surface area contributed by atoms with Crippen LogP contribution in [0.4, 0.5) is 0 Å². The third-order valence-electron chi connectivity index (χ3n) is 3.05. The molecule has 0 heterocycles. The average Bonchev–Trinajstić information content (AvgIpc) is 2.28. The van der Waals surface area contributed by atoms with E-state index in [0.29, 0.717) is 6.54 Å². The highest BCUT2D eigenvalue weighted by atomic mass is 16.3. The summed E-state index contributed by atoms with van der Waals surface area (Å²) in [6, 6.07) is 9.70. The molecular formula is C12H19NO. The second-order valence-electron chi connectivity index (χ2n) is 4.02. The maximum absolute atomic E-state index is 10.2. The first-order chi connectivity index (χ1) is 6.64. The molecule has 1 aromatic rings. The molecule has 1 aromatic carbocycles. The van der Waals surface area contributed by atoms with Crippen LogP contribution in [0.1, 0.15) is 31.9 Å². The van der Waals surface area contributed by atoms with Crippen molar-refractivity contribution in [3.8, 4) is 0 Å². The molecule has 14 heavy (non-hydrogen) atoms. The lowest BCUT2D eigenvalue weighted by atomic mass is 9.78. The Bertz CT molecular complexity index is 267. The van der Waals surface area contributed by atoms with Crippen LogP contribution in [0.25, 0.3) is 0 Å². The van der Waals surface area contributed by atoms with Gasteiger partial charge in [-0.1, -0.05) is 44.2 Å². The van der Waals surface area contributed by atoms with Gasteiger partial charge in [-0.05, 0) is 12.0 Å². The lowest BCUT2D eigenvalue weighted by molar-refractivity contribution is 0.0392. The van der Waals surface area contributed by atoms with Crippen molar-refractivity contribution in [1.29, 1.82) is 0 Å². The molecule has 2 unspecified atom stereocenters. The zero-order chi connectivity index (χ0) is 10.6. The minimum absolute atomic E-state index is 0.221. The van der Waals surface area contributed by atoms with Crippen molar-refractivity contribution in [1.82, 2.24) is 0 Å². The summed E-state index contributed by atoms with van der Waals surface area (Å²) in [6.45, 7) is 4.57. The maximum atomic E-state index is 10.2. The Labute approximate surface area is 85.8 Å². The summed E-state index contributed by atoms with van der Waals surface area (Å²) in [5.41, 5.74) is 6.42. The molecule has 0 saturated heterocycles. The Hall–Kier alpha value is -0.860. The van der Waals surface area contributed by atoms with Gasteiger partial charge in [0.05, 0.1) is 6.10 Å². The van der Waals surface area contributed by atoms with Crippen molar-refractivity contribution in [2.75, 3.05) is 6.54 Å². The SMILES string of the molecule is CCC(C)(CN)C(O)c1ccccc1. The van der Waals surface area contributed by atoms with Crippen molar-refractivity contribution in [2.45, 2.75) is 26.4 Å². The summed E-state index contributed by atoms with van der Waals surface area (Å²) >= 11 is 0. The first-order valence-corrected chi connectivity index (χ1v) is 5.07. The van der Waals surface area contributed by atoms with Crippen molar-refractivity contribution in [3.05, 3.63) is 35.9 Å². The highest BCUT2D eigenvalue weighted by Crippen LogP contribution is 2.35. The topological polar surface area (TPSA) is 46.2 Å². The summed E-state index contributed by atoms with van der Waals surface area (Å²) in [7, 11) is 0. The quantitative estimate of drug-likeness (QED) is 0.769. The Morgan fingerprint density at radius 2 is 1.93 bits per heavy atom. The largest absolute Gasteiger partial charge is 0.388 e. The van der Waals surface area contributed by atoms with Crippen molar-refractivity contribution >= 4 is 0 Å². The van der Waals surface area contributed by atoms with Crippen molar-refractivity contribution in [3.63, 3.8) is 0 Å². The molecule has 0 bridgehead atoms. The molecule has 0 aromatic heterocycles. The van der Waals surface area contributed by atoms with Crippen molar-refractivity contribution < 1.29 is 5.11 Å². The van der Waals surface area contributed by atoms with Gasteiger partial charge in [-0.25, -0.2) is 0 Å². The molecule has 2 heteroatoms. The van der Waals surface area contributed by atoms with E-state index in [1.54, 1.807) is 0 Å². The summed E-state index contributed by atoms with van der Waals surface area (Å²) < 4.78 is 0. The fourth-order valence-electron chi connectivity index (χ4n) is 1.49. The van der Waals surface area contributed by atoms with E-state index in [1.165, 1.54) is 0 Å². The zero-order valence-corrected chi connectivity index (χ0v) is 8.90. The second kappa shape index (κ2) is 4.58. The minimum atomic E-state index is -0.473. The van der Waals surface area contributed by atoms with Crippen LogP contribution in [0, 0.1) is 5.41 Å². The highest BCUT2D eigenvalue weighted by Gasteiger charge is 2.30. The van der Waals surface area contributed by atoms with E-state index in [4.69, 9.17) is 5.73 Å². The van der Waals surface area contributed by atoms with Crippen LogP contribution in [-0.4, -0.2) is 11.7 Å². The van der Waals surface area contributed by atoms with Gasteiger partial charge < -0.3 is 10.8 Å². The lowest BCUT2D eigenvalue weighted by Gasteiger charge is -2.32. The monoisotopic (exact) mass is 193 g/mol. The maximum Gasteiger partial charge on any atom is 0.0855 e. The Morgan fingerprint density at radius 3 is 2.36 bits per heavy atom. The third-order valence-corrected chi connectivity index (χ3v) is 3.05. The van der Waals surface area contributed by atoms with Gasteiger partial charge in [0.25, 0.3) is 0 Å². The van der Waals surface area contributed by atoms with Gasteiger partial charge in [0.15, 0.2) is 0 Å². The molecule has 0 radical (unpaired) electrons. The normalized spacial score (nSPS) is 17.4. The summed E-state index contributed by atoms with van der Waals surface area (Å²) in [5.74, 6) is 0. The smallest absolute Gasteiger partial charge is 0.0855 e. The number of rotatable bonds is 4. The Morgan fingerprint density at radius 1 is 1.36 bits per heavy atom. The molecule has 78 valence electrons. The molecule has 0 aliphatic rings. The molecular weight excluding hydrogens is 174 g/mol. The predicted molar refractivity (Wildman–Crippen MR) is 58.9 cm³/mol. The summed E-state index contributed by atoms with van der Waals surface area (Å²) in [5, 5.41) is 10.2. The van der Waals surface area contributed by atoms with E-state index in [9.17, 15) is 5.11 Å². The average molecular weight is 193 g/mol.